The quantitative estimate of drug-likeness (QED) is 0.689. The number of aromatic nitrogens is 1. The van der Waals surface area contributed by atoms with Crippen molar-refractivity contribution in [2.75, 3.05) is 7.11 Å². The Morgan fingerprint density at radius 2 is 2.00 bits per heavy atom. The number of hydrogen-bond donors (Lipinski definition) is 0. The van der Waals surface area contributed by atoms with Crippen molar-refractivity contribution in [1.29, 1.82) is 0 Å². The highest BCUT2D eigenvalue weighted by atomic mass is 16.5. The van der Waals surface area contributed by atoms with Crippen molar-refractivity contribution in [1.82, 2.24) is 4.57 Å². The molecule has 0 unspecified atom stereocenters. The topological polar surface area (TPSA) is 48.3 Å². The zero-order valence-corrected chi connectivity index (χ0v) is 9.06. The maximum atomic E-state index is 11.4. The van der Waals surface area contributed by atoms with Gasteiger partial charge in [-0.1, -0.05) is 0 Å². The van der Waals surface area contributed by atoms with Gasteiger partial charge in [-0.15, -0.1) is 0 Å². The van der Waals surface area contributed by atoms with Crippen LogP contribution in [0.3, 0.4) is 0 Å². The summed E-state index contributed by atoms with van der Waals surface area (Å²) in [5, 5.41) is 0.845. The van der Waals surface area contributed by atoms with Gasteiger partial charge in [0.1, 0.15) is 0 Å². The third-order valence-corrected chi connectivity index (χ3v) is 2.47. The van der Waals surface area contributed by atoms with Crippen LogP contribution in [0.4, 0.5) is 4.79 Å². The van der Waals surface area contributed by atoms with Crippen molar-refractivity contribution < 1.29 is 14.3 Å². The molecule has 82 valence electrons. The standard InChI is InChI=1S/C12H11NO3/c1-8(14)9-3-4-11-10(7-9)5-6-13(11)12(15)16-2/h3-7H,1-2H3. The lowest BCUT2D eigenvalue weighted by molar-refractivity contribution is 0.101. The predicted octanol–water partition coefficient (Wildman–Crippen LogP) is 2.46. The van der Waals surface area contributed by atoms with Crippen LogP contribution < -0.4 is 0 Å². The first-order valence-corrected chi connectivity index (χ1v) is 4.84. The van der Waals surface area contributed by atoms with Crippen LogP contribution in [-0.2, 0) is 4.74 Å². The lowest BCUT2D eigenvalue weighted by atomic mass is 10.1. The van der Waals surface area contributed by atoms with Crippen molar-refractivity contribution in [2.45, 2.75) is 6.92 Å². The lowest BCUT2D eigenvalue weighted by Crippen LogP contribution is -2.09. The van der Waals surface area contributed by atoms with Crippen LogP contribution in [-0.4, -0.2) is 23.6 Å². The molecule has 1 aromatic heterocycles. The molecule has 0 N–H and O–H groups in total. The second-order valence-electron chi connectivity index (χ2n) is 3.49. The van der Waals surface area contributed by atoms with Gasteiger partial charge in [0.05, 0.1) is 12.6 Å². The van der Waals surface area contributed by atoms with Crippen LogP contribution in [0.5, 0.6) is 0 Å². The van der Waals surface area contributed by atoms with E-state index >= 15 is 0 Å². The Morgan fingerprint density at radius 3 is 2.62 bits per heavy atom. The molecule has 0 saturated heterocycles. The highest BCUT2D eigenvalue weighted by molar-refractivity contribution is 5.99. The number of ether oxygens (including phenoxy) is 1. The van der Waals surface area contributed by atoms with Crippen molar-refractivity contribution in [3.63, 3.8) is 0 Å². The first-order valence-electron chi connectivity index (χ1n) is 4.84. The highest BCUT2D eigenvalue weighted by Gasteiger charge is 2.09. The number of methoxy groups -OCH3 is 1. The van der Waals surface area contributed by atoms with E-state index in [1.54, 1.807) is 30.5 Å². The van der Waals surface area contributed by atoms with Crippen molar-refractivity contribution in [2.24, 2.45) is 0 Å². The molecular weight excluding hydrogens is 206 g/mol. The number of Topliss-reactive ketones (excluding diaryl/α,β-unsaturated/α-hetero) is 1. The van der Waals surface area contributed by atoms with Gasteiger partial charge in [-0.3, -0.25) is 9.36 Å². The molecule has 0 saturated carbocycles. The summed E-state index contributed by atoms with van der Waals surface area (Å²) < 4.78 is 6.04. The predicted molar refractivity (Wildman–Crippen MR) is 59.7 cm³/mol. The molecule has 16 heavy (non-hydrogen) atoms. The minimum absolute atomic E-state index is 0.00715. The Kier molecular flexibility index (Phi) is 2.48. The zero-order valence-electron chi connectivity index (χ0n) is 9.06. The lowest BCUT2D eigenvalue weighted by Gasteiger charge is -2.02. The van der Waals surface area contributed by atoms with Crippen LogP contribution >= 0.6 is 0 Å². The molecule has 2 rings (SSSR count). The Balaban J connectivity index is 2.59. The Bertz CT molecular complexity index is 569. The van der Waals surface area contributed by atoms with E-state index in [2.05, 4.69) is 4.74 Å². The summed E-state index contributed by atoms with van der Waals surface area (Å²) in [5.74, 6) is 0.00715. The number of nitrogens with zero attached hydrogens (tertiary/aromatic N) is 1. The van der Waals surface area contributed by atoms with E-state index in [-0.39, 0.29) is 5.78 Å². The minimum atomic E-state index is -0.439. The molecule has 0 amide bonds. The maximum Gasteiger partial charge on any atom is 0.418 e. The van der Waals surface area contributed by atoms with Crippen LogP contribution in [0, 0.1) is 0 Å². The number of carbonyl (C=O) groups is 2. The first kappa shape index (κ1) is 10.4. The van der Waals surface area contributed by atoms with E-state index < -0.39 is 6.09 Å². The molecule has 0 spiro atoms. The minimum Gasteiger partial charge on any atom is -0.452 e. The van der Waals surface area contributed by atoms with Gasteiger partial charge in [-0.2, -0.15) is 0 Å². The fourth-order valence-electron chi connectivity index (χ4n) is 1.62. The van der Waals surface area contributed by atoms with Crippen LogP contribution in [0.2, 0.25) is 0 Å². The summed E-state index contributed by atoms with van der Waals surface area (Å²) in [4.78, 5) is 22.6. The van der Waals surface area contributed by atoms with Gasteiger partial charge in [-0.25, -0.2) is 4.79 Å². The van der Waals surface area contributed by atoms with Gasteiger partial charge in [0.2, 0.25) is 0 Å². The second kappa shape index (κ2) is 3.81. The summed E-state index contributed by atoms with van der Waals surface area (Å²) in [7, 11) is 1.33. The van der Waals surface area contributed by atoms with E-state index in [9.17, 15) is 9.59 Å². The Morgan fingerprint density at radius 1 is 1.25 bits per heavy atom. The van der Waals surface area contributed by atoms with Gasteiger partial charge in [0, 0.05) is 17.1 Å². The van der Waals surface area contributed by atoms with Gasteiger partial charge >= 0.3 is 6.09 Å². The highest BCUT2D eigenvalue weighted by Crippen LogP contribution is 2.18. The summed E-state index contributed by atoms with van der Waals surface area (Å²) in [6, 6.07) is 6.98. The molecule has 1 heterocycles. The van der Waals surface area contributed by atoms with Gasteiger partial charge in [-0.05, 0) is 31.2 Å². The number of benzene rings is 1. The maximum absolute atomic E-state index is 11.4. The Labute approximate surface area is 92.4 Å². The zero-order chi connectivity index (χ0) is 11.7. The van der Waals surface area contributed by atoms with Crippen LogP contribution in [0.25, 0.3) is 10.9 Å². The molecule has 0 aliphatic carbocycles. The molecule has 0 aliphatic heterocycles. The molecule has 4 nitrogen and oxygen atoms in total. The van der Waals surface area contributed by atoms with Crippen molar-refractivity contribution in [3.8, 4) is 0 Å². The van der Waals surface area contributed by atoms with Gasteiger partial charge < -0.3 is 4.74 Å². The van der Waals surface area contributed by atoms with Crippen molar-refractivity contribution in [3.05, 3.63) is 36.0 Å². The van der Waals surface area contributed by atoms with Crippen LogP contribution in [0.1, 0.15) is 17.3 Å². The molecule has 1 aromatic carbocycles. The largest absolute Gasteiger partial charge is 0.452 e. The molecule has 4 heteroatoms. The average Bonchev–Trinajstić information content (AvgIpc) is 2.70. The third-order valence-electron chi connectivity index (χ3n) is 2.47. The number of ketones is 1. The number of hydrogen-bond acceptors (Lipinski definition) is 3. The molecule has 0 fully saturated rings. The number of rotatable bonds is 1. The molecular formula is C12H11NO3. The smallest absolute Gasteiger partial charge is 0.418 e. The van der Waals surface area contributed by atoms with Crippen molar-refractivity contribution >= 4 is 22.8 Å². The summed E-state index contributed by atoms with van der Waals surface area (Å²) in [6.45, 7) is 1.51. The summed E-state index contributed by atoms with van der Waals surface area (Å²) in [5.41, 5.74) is 1.37. The molecule has 0 aliphatic rings. The number of carbonyl (C=O) groups excluding carboxylic acids is 2. The SMILES string of the molecule is COC(=O)n1ccc2cc(C(C)=O)ccc21. The molecule has 0 atom stereocenters. The normalized spacial score (nSPS) is 10.4. The van der Waals surface area contributed by atoms with E-state index in [0.717, 1.165) is 10.9 Å². The first-order chi connectivity index (χ1) is 7.63. The van der Waals surface area contributed by atoms with Crippen LogP contribution in [0.15, 0.2) is 30.5 Å². The fourth-order valence-corrected chi connectivity index (χ4v) is 1.62. The second-order valence-corrected chi connectivity index (χ2v) is 3.49. The summed E-state index contributed by atoms with van der Waals surface area (Å²) >= 11 is 0. The summed E-state index contributed by atoms with van der Waals surface area (Å²) in [6.07, 6.45) is 1.19. The van der Waals surface area contributed by atoms with E-state index in [4.69, 9.17) is 0 Å². The third kappa shape index (κ3) is 1.58. The Hall–Kier alpha value is -2.10. The van der Waals surface area contributed by atoms with E-state index in [0.29, 0.717) is 5.56 Å². The van der Waals surface area contributed by atoms with Gasteiger partial charge in [0.25, 0.3) is 0 Å². The fraction of sp³-hybridized carbons (Fsp3) is 0.167. The van der Waals surface area contributed by atoms with E-state index in [1.807, 2.05) is 0 Å². The van der Waals surface area contributed by atoms with Gasteiger partial charge in [0.15, 0.2) is 5.78 Å². The molecule has 0 radical (unpaired) electrons. The molecule has 2 aromatic rings. The monoisotopic (exact) mass is 217 g/mol. The molecule has 0 bridgehead atoms. The van der Waals surface area contributed by atoms with E-state index in [1.165, 1.54) is 18.6 Å². The average molecular weight is 217 g/mol. The number of fused-ring (bicyclic) bond motifs is 1.